The molecule has 1 rings (SSSR count). The normalized spacial score (nSPS) is 14.6. The summed E-state index contributed by atoms with van der Waals surface area (Å²) in [7, 11) is 1.51. The van der Waals surface area contributed by atoms with Crippen molar-refractivity contribution in [2.75, 3.05) is 13.7 Å². The van der Waals surface area contributed by atoms with Crippen LogP contribution < -0.4 is 5.73 Å². The van der Waals surface area contributed by atoms with Crippen LogP contribution in [-0.2, 0) is 9.53 Å². The number of ketones is 1. The molecule has 1 aromatic carbocycles. The van der Waals surface area contributed by atoms with Gasteiger partial charge in [-0.05, 0) is 5.56 Å². The number of carbonyl (C=O) groups excluding carboxylic acids is 1. The van der Waals surface area contributed by atoms with Gasteiger partial charge in [-0.25, -0.2) is 0 Å². The second-order valence-corrected chi connectivity index (χ2v) is 3.62. The molecule has 0 bridgehead atoms. The van der Waals surface area contributed by atoms with E-state index in [1.54, 1.807) is 0 Å². The molecule has 2 atom stereocenters. The Kier molecular flexibility index (Phi) is 4.46. The van der Waals surface area contributed by atoms with Crippen LogP contribution in [0.2, 0.25) is 0 Å². The summed E-state index contributed by atoms with van der Waals surface area (Å²) in [5, 5.41) is 0. The Morgan fingerprint density at radius 3 is 2.53 bits per heavy atom. The number of ether oxygens (including phenoxy) is 1. The summed E-state index contributed by atoms with van der Waals surface area (Å²) in [6.07, 6.45) is 0. The fraction of sp³-hybridized carbons (Fsp3) is 0.417. The van der Waals surface area contributed by atoms with Crippen molar-refractivity contribution in [3.63, 3.8) is 0 Å². The van der Waals surface area contributed by atoms with Gasteiger partial charge >= 0.3 is 0 Å². The molecule has 0 saturated heterocycles. The van der Waals surface area contributed by atoms with E-state index in [0.29, 0.717) is 0 Å². The summed E-state index contributed by atoms with van der Waals surface area (Å²) in [4.78, 5) is 11.6. The smallest absolute Gasteiger partial charge is 0.163 e. The topological polar surface area (TPSA) is 52.3 Å². The molecule has 0 aromatic heterocycles. The molecule has 0 spiro atoms. The lowest BCUT2D eigenvalue weighted by molar-refractivity contribution is -0.126. The highest BCUT2D eigenvalue weighted by molar-refractivity contribution is 5.82. The third-order valence-corrected chi connectivity index (χ3v) is 2.52. The quantitative estimate of drug-likeness (QED) is 0.796. The summed E-state index contributed by atoms with van der Waals surface area (Å²) >= 11 is 0. The van der Waals surface area contributed by atoms with Crippen LogP contribution in [-0.4, -0.2) is 19.5 Å². The Morgan fingerprint density at radius 2 is 2.00 bits per heavy atom. The van der Waals surface area contributed by atoms with Crippen LogP contribution >= 0.6 is 0 Å². The Labute approximate surface area is 90.2 Å². The standard InChI is InChI=1S/C12H17NO2/c1-9(11(14)8-15-2)12(13)10-6-4-3-5-7-10/h3-7,9,12H,8,13H2,1-2H3. The van der Waals surface area contributed by atoms with E-state index >= 15 is 0 Å². The Balaban J connectivity index is 2.68. The average molecular weight is 207 g/mol. The first-order valence-corrected chi connectivity index (χ1v) is 4.99. The van der Waals surface area contributed by atoms with Gasteiger partial charge in [-0.1, -0.05) is 37.3 Å². The van der Waals surface area contributed by atoms with Crippen LogP contribution in [0.4, 0.5) is 0 Å². The Hall–Kier alpha value is -1.19. The fourth-order valence-corrected chi connectivity index (χ4v) is 1.44. The van der Waals surface area contributed by atoms with Crippen molar-refractivity contribution in [2.45, 2.75) is 13.0 Å². The first kappa shape index (κ1) is 11.9. The van der Waals surface area contributed by atoms with E-state index in [4.69, 9.17) is 10.5 Å². The van der Waals surface area contributed by atoms with Gasteiger partial charge in [-0.2, -0.15) is 0 Å². The van der Waals surface area contributed by atoms with Crippen molar-refractivity contribution in [3.8, 4) is 0 Å². The van der Waals surface area contributed by atoms with Gasteiger partial charge in [0.15, 0.2) is 5.78 Å². The Morgan fingerprint density at radius 1 is 1.40 bits per heavy atom. The van der Waals surface area contributed by atoms with Gasteiger partial charge in [-0.15, -0.1) is 0 Å². The van der Waals surface area contributed by atoms with Gasteiger partial charge in [0.1, 0.15) is 6.61 Å². The lowest BCUT2D eigenvalue weighted by atomic mass is 9.92. The minimum absolute atomic E-state index is 0.0360. The van der Waals surface area contributed by atoms with Crippen LogP contribution in [0.1, 0.15) is 18.5 Å². The van der Waals surface area contributed by atoms with Crippen molar-refractivity contribution < 1.29 is 9.53 Å². The lowest BCUT2D eigenvalue weighted by Crippen LogP contribution is -2.28. The molecule has 0 radical (unpaired) electrons. The first-order valence-electron chi connectivity index (χ1n) is 4.99. The minimum atomic E-state index is -0.256. The highest BCUT2D eigenvalue weighted by Crippen LogP contribution is 2.19. The highest BCUT2D eigenvalue weighted by atomic mass is 16.5. The van der Waals surface area contributed by atoms with Gasteiger partial charge in [0, 0.05) is 19.1 Å². The summed E-state index contributed by atoms with van der Waals surface area (Å²) in [6, 6.07) is 9.38. The van der Waals surface area contributed by atoms with Crippen LogP contribution in [0.15, 0.2) is 30.3 Å². The van der Waals surface area contributed by atoms with E-state index in [1.807, 2.05) is 37.3 Å². The third kappa shape index (κ3) is 3.15. The molecule has 3 heteroatoms. The van der Waals surface area contributed by atoms with E-state index < -0.39 is 0 Å². The number of carbonyl (C=O) groups is 1. The predicted molar refractivity (Wildman–Crippen MR) is 59.4 cm³/mol. The summed E-state index contributed by atoms with van der Waals surface area (Å²) < 4.78 is 4.81. The number of hydrogen-bond donors (Lipinski definition) is 1. The van der Waals surface area contributed by atoms with Crippen molar-refractivity contribution in [3.05, 3.63) is 35.9 Å². The van der Waals surface area contributed by atoms with E-state index in [9.17, 15) is 4.79 Å². The zero-order valence-corrected chi connectivity index (χ0v) is 9.14. The van der Waals surface area contributed by atoms with Crippen LogP contribution in [0.3, 0.4) is 0 Å². The molecule has 2 unspecified atom stereocenters. The molecule has 0 aliphatic heterocycles. The fourth-order valence-electron chi connectivity index (χ4n) is 1.44. The van der Waals surface area contributed by atoms with Crippen LogP contribution in [0.5, 0.6) is 0 Å². The molecular weight excluding hydrogens is 190 g/mol. The summed E-state index contributed by atoms with van der Waals surface area (Å²) in [5.74, 6) is -0.179. The minimum Gasteiger partial charge on any atom is -0.377 e. The molecule has 0 amide bonds. The van der Waals surface area contributed by atoms with E-state index in [-0.39, 0.29) is 24.3 Å². The number of Topliss-reactive ketones (excluding diaryl/α,β-unsaturated/α-hetero) is 1. The maximum absolute atomic E-state index is 11.6. The number of benzene rings is 1. The van der Waals surface area contributed by atoms with Crippen LogP contribution in [0, 0.1) is 5.92 Å². The van der Waals surface area contributed by atoms with E-state index in [2.05, 4.69) is 0 Å². The number of hydrogen-bond acceptors (Lipinski definition) is 3. The molecule has 0 aliphatic rings. The molecule has 82 valence electrons. The second kappa shape index (κ2) is 5.63. The van der Waals surface area contributed by atoms with Gasteiger partial charge in [0.2, 0.25) is 0 Å². The van der Waals surface area contributed by atoms with Crippen molar-refractivity contribution in [1.29, 1.82) is 0 Å². The lowest BCUT2D eigenvalue weighted by Gasteiger charge is -2.18. The van der Waals surface area contributed by atoms with Gasteiger partial charge in [0.25, 0.3) is 0 Å². The maximum Gasteiger partial charge on any atom is 0.163 e. The molecule has 15 heavy (non-hydrogen) atoms. The zero-order valence-electron chi connectivity index (χ0n) is 9.14. The second-order valence-electron chi connectivity index (χ2n) is 3.62. The SMILES string of the molecule is COCC(=O)C(C)C(N)c1ccccc1. The highest BCUT2D eigenvalue weighted by Gasteiger charge is 2.21. The Bertz CT molecular complexity index is 311. The predicted octanol–water partition coefficient (Wildman–Crippen LogP) is 1.54. The molecule has 3 nitrogen and oxygen atoms in total. The number of nitrogens with two attached hydrogens (primary N) is 1. The van der Waals surface area contributed by atoms with Gasteiger partial charge in [0.05, 0.1) is 0 Å². The van der Waals surface area contributed by atoms with Crippen molar-refractivity contribution in [1.82, 2.24) is 0 Å². The van der Waals surface area contributed by atoms with E-state index in [1.165, 1.54) is 7.11 Å². The number of rotatable bonds is 5. The molecule has 0 heterocycles. The maximum atomic E-state index is 11.6. The van der Waals surface area contributed by atoms with Crippen molar-refractivity contribution >= 4 is 5.78 Å². The molecule has 0 aliphatic carbocycles. The van der Waals surface area contributed by atoms with Crippen molar-refractivity contribution in [2.24, 2.45) is 11.7 Å². The molecule has 2 N–H and O–H groups in total. The molecule has 0 saturated carbocycles. The molecule has 0 fully saturated rings. The summed E-state index contributed by atoms with van der Waals surface area (Å²) in [5.41, 5.74) is 6.97. The van der Waals surface area contributed by atoms with E-state index in [0.717, 1.165) is 5.56 Å². The average Bonchev–Trinajstić information content (AvgIpc) is 2.28. The largest absolute Gasteiger partial charge is 0.377 e. The summed E-state index contributed by atoms with van der Waals surface area (Å²) in [6.45, 7) is 1.96. The first-order chi connectivity index (χ1) is 7.16. The molecule has 1 aromatic rings. The monoisotopic (exact) mass is 207 g/mol. The zero-order chi connectivity index (χ0) is 11.3. The molecular formula is C12H17NO2. The van der Waals surface area contributed by atoms with Crippen LogP contribution in [0.25, 0.3) is 0 Å². The van der Waals surface area contributed by atoms with Gasteiger partial charge < -0.3 is 10.5 Å². The van der Waals surface area contributed by atoms with Gasteiger partial charge in [-0.3, -0.25) is 4.79 Å². The number of methoxy groups -OCH3 is 1. The third-order valence-electron chi connectivity index (χ3n) is 2.52.